The second kappa shape index (κ2) is 10.1. The normalized spacial score (nSPS) is 14.5. The first kappa shape index (κ1) is 21.6. The Balaban J connectivity index is 1.25. The van der Waals surface area contributed by atoms with Crippen LogP contribution in [-0.4, -0.2) is 60.6 Å². The van der Waals surface area contributed by atoms with Crippen LogP contribution in [0.2, 0.25) is 5.02 Å². The van der Waals surface area contributed by atoms with Crippen molar-refractivity contribution in [3.8, 4) is 22.8 Å². The summed E-state index contributed by atoms with van der Waals surface area (Å²) < 4.78 is 10.9. The topological polar surface area (TPSA) is 54.9 Å². The summed E-state index contributed by atoms with van der Waals surface area (Å²) in [5.41, 5.74) is 2.02. The third-order valence-electron chi connectivity index (χ3n) is 5.18. The fraction of sp³-hybridized carbons (Fsp3) is 0.304. The summed E-state index contributed by atoms with van der Waals surface area (Å²) in [6, 6.07) is 15.0. The quantitative estimate of drug-likeness (QED) is 0.532. The fourth-order valence-electron chi connectivity index (χ4n) is 3.41. The molecule has 3 aromatic rings. The minimum Gasteiger partial charge on any atom is -0.497 e. The molecule has 0 bridgehead atoms. The van der Waals surface area contributed by atoms with E-state index in [0.717, 1.165) is 41.6 Å². The smallest absolute Gasteiger partial charge is 0.260 e. The molecule has 0 saturated carbocycles. The van der Waals surface area contributed by atoms with Crippen molar-refractivity contribution in [1.82, 2.24) is 14.8 Å². The van der Waals surface area contributed by atoms with Crippen LogP contribution in [0.4, 0.5) is 0 Å². The predicted molar refractivity (Wildman–Crippen MR) is 123 cm³/mol. The Morgan fingerprint density at radius 3 is 2.61 bits per heavy atom. The summed E-state index contributed by atoms with van der Waals surface area (Å²) in [6.07, 6.45) is 0. The number of hydrogen-bond acceptors (Lipinski definition) is 6. The molecule has 0 atom stereocenters. The van der Waals surface area contributed by atoms with E-state index >= 15 is 0 Å². The van der Waals surface area contributed by atoms with E-state index in [9.17, 15) is 4.79 Å². The van der Waals surface area contributed by atoms with Gasteiger partial charge in [0.1, 0.15) is 16.5 Å². The van der Waals surface area contributed by atoms with Gasteiger partial charge in [-0.3, -0.25) is 9.69 Å². The van der Waals surface area contributed by atoms with Gasteiger partial charge in [-0.15, -0.1) is 11.3 Å². The third-order valence-corrected chi connectivity index (χ3v) is 6.26. The van der Waals surface area contributed by atoms with Crippen LogP contribution in [0, 0.1) is 0 Å². The second-order valence-electron chi connectivity index (χ2n) is 7.26. The number of amides is 1. The van der Waals surface area contributed by atoms with Crippen LogP contribution >= 0.6 is 22.9 Å². The summed E-state index contributed by atoms with van der Waals surface area (Å²) >= 11 is 7.53. The highest BCUT2D eigenvalue weighted by Gasteiger charge is 2.22. The van der Waals surface area contributed by atoms with Crippen LogP contribution < -0.4 is 9.47 Å². The van der Waals surface area contributed by atoms with Crippen molar-refractivity contribution in [1.29, 1.82) is 0 Å². The molecule has 4 rings (SSSR count). The molecule has 0 N–H and O–H groups in total. The third kappa shape index (κ3) is 5.76. The molecule has 1 aliphatic rings. The number of benzene rings is 2. The van der Waals surface area contributed by atoms with Crippen molar-refractivity contribution in [2.75, 3.05) is 39.9 Å². The molecular weight excluding hydrogens is 434 g/mol. The van der Waals surface area contributed by atoms with E-state index in [1.807, 2.05) is 29.2 Å². The molecule has 0 spiro atoms. The van der Waals surface area contributed by atoms with Crippen LogP contribution in [0.3, 0.4) is 0 Å². The van der Waals surface area contributed by atoms with Gasteiger partial charge in [-0.05, 0) is 36.4 Å². The maximum Gasteiger partial charge on any atom is 0.260 e. The lowest BCUT2D eigenvalue weighted by Gasteiger charge is -2.34. The van der Waals surface area contributed by atoms with Gasteiger partial charge in [0.25, 0.3) is 5.91 Å². The molecular formula is C23H24ClN3O3S. The van der Waals surface area contributed by atoms with Gasteiger partial charge in [0.15, 0.2) is 6.61 Å². The van der Waals surface area contributed by atoms with Crippen LogP contribution in [0.1, 0.15) is 5.01 Å². The number of thiazole rings is 1. The summed E-state index contributed by atoms with van der Waals surface area (Å²) in [5, 5.41) is 3.80. The highest BCUT2D eigenvalue weighted by Crippen LogP contribution is 2.26. The van der Waals surface area contributed by atoms with Crippen molar-refractivity contribution >= 4 is 28.8 Å². The number of hydrogen-bond donors (Lipinski definition) is 0. The first-order valence-corrected chi connectivity index (χ1v) is 11.3. The molecule has 1 fully saturated rings. The number of ether oxygens (including phenoxy) is 2. The Hall–Kier alpha value is -2.61. The summed E-state index contributed by atoms with van der Waals surface area (Å²) in [6.45, 7) is 3.85. The molecule has 0 unspecified atom stereocenters. The van der Waals surface area contributed by atoms with E-state index in [-0.39, 0.29) is 12.5 Å². The summed E-state index contributed by atoms with van der Waals surface area (Å²) in [7, 11) is 1.67. The predicted octanol–water partition coefficient (Wildman–Crippen LogP) is 4.20. The molecule has 0 radical (unpaired) electrons. The van der Waals surface area contributed by atoms with Gasteiger partial charge in [-0.25, -0.2) is 4.98 Å². The average molecular weight is 458 g/mol. The Kier molecular flexibility index (Phi) is 7.06. The number of halogens is 1. The standard InChI is InChI=1S/C23H24ClN3O3S/c1-29-20-4-2-3-17(13-20)21-16-31-22(25-21)14-26-9-11-27(12-10-26)23(28)15-30-19-7-5-18(24)6-8-19/h2-8,13,16H,9-12,14-15H2,1H3. The lowest BCUT2D eigenvalue weighted by Crippen LogP contribution is -2.49. The molecule has 162 valence electrons. The number of carbonyl (C=O) groups excluding carboxylic acids is 1. The molecule has 1 saturated heterocycles. The van der Waals surface area contributed by atoms with Gasteiger partial charge in [-0.2, -0.15) is 0 Å². The zero-order chi connectivity index (χ0) is 21.6. The second-order valence-corrected chi connectivity index (χ2v) is 8.64. The van der Waals surface area contributed by atoms with E-state index in [1.54, 1.807) is 42.7 Å². The van der Waals surface area contributed by atoms with E-state index in [2.05, 4.69) is 10.3 Å². The number of carbonyl (C=O) groups is 1. The van der Waals surface area contributed by atoms with E-state index in [1.165, 1.54) is 0 Å². The number of methoxy groups -OCH3 is 1. The van der Waals surface area contributed by atoms with E-state index < -0.39 is 0 Å². The molecule has 1 aliphatic heterocycles. The van der Waals surface area contributed by atoms with Crippen molar-refractivity contribution in [3.05, 3.63) is 63.9 Å². The summed E-state index contributed by atoms with van der Waals surface area (Å²) in [5.74, 6) is 1.48. The van der Waals surface area contributed by atoms with Crippen LogP contribution in [0.5, 0.6) is 11.5 Å². The number of nitrogens with zero attached hydrogens (tertiary/aromatic N) is 3. The van der Waals surface area contributed by atoms with E-state index in [4.69, 9.17) is 26.1 Å². The number of rotatable bonds is 7. The Labute approximate surface area is 191 Å². The van der Waals surface area contributed by atoms with E-state index in [0.29, 0.717) is 23.9 Å². The molecule has 0 aliphatic carbocycles. The molecule has 2 heterocycles. The maximum atomic E-state index is 12.5. The van der Waals surface area contributed by atoms with Crippen LogP contribution in [0.15, 0.2) is 53.9 Å². The van der Waals surface area contributed by atoms with Gasteiger partial charge in [0.2, 0.25) is 0 Å². The van der Waals surface area contributed by atoms with Gasteiger partial charge in [0, 0.05) is 42.1 Å². The largest absolute Gasteiger partial charge is 0.497 e. The first-order valence-electron chi connectivity index (χ1n) is 10.1. The molecule has 1 aromatic heterocycles. The highest BCUT2D eigenvalue weighted by atomic mass is 35.5. The molecule has 6 nitrogen and oxygen atoms in total. The highest BCUT2D eigenvalue weighted by molar-refractivity contribution is 7.09. The lowest BCUT2D eigenvalue weighted by atomic mass is 10.2. The Bertz CT molecular complexity index is 1020. The van der Waals surface area contributed by atoms with Gasteiger partial charge in [0.05, 0.1) is 19.3 Å². The van der Waals surface area contributed by atoms with Gasteiger partial charge >= 0.3 is 0 Å². The monoisotopic (exact) mass is 457 g/mol. The molecule has 8 heteroatoms. The molecule has 1 amide bonds. The van der Waals surface area contributed by atoms with Gasteiger partial charge in [-0.1, -0.05) is 23.7 Å². The Morgan fingerprint density at radius 1 is 1.10 bits per heavy atom. The van der Waals surface area contributed by atoms with Crippen molar-refractivity contribution in [3.63, 3.8) is 0 Å². The number of piperazine rings is 1. The SMILES string of the molecule is COc1cccc(-c2csc(CN3CCN(C(=O)COc4ccc(Cl)cc4)CC3)n2)c1. The van der Waals surface area contributed by atoms with Crippen molar-refractivity contribution in [2.24, 2.45) is 0 Å². The zero-order valence-corrected chi connectivity index (χ0v) is 18.9. The van der Waals surface area contributed by atoms with Crippen LogP contribution in [0.25, 0.3) is 11.3 Å². The first-order chi connectivity index (χ1) is 15.1. The van der Waals surface area contributed by atoms with Crippen molar-refractivity contribution in [2.45, 2.75) is 6.54 Å². The lowest BCUT2D eigenvalue weighted by molar-refractivity contribution is -0.135. The number of aromatic nitrogens is 1. The summed E-state index contributed by atoms with van der Waals surface area (Å²) in [4.78, 5) is 21.4. The average Bonchev–Trinajstić information content (AvgIpc) is 3.27. The van der Waals surface area contributed by atoms with Gasteiger partial charge < -0.3 is 14.4 Å². The molecule has 31 heavy (non-hydrogen) atoms. The zero-order valence-electron chi connectivity index (χ0n) is 17.3. The van der Waals surface area contributed by atoms with Crippen molar-refractivity contribution < 1.29 is 14.3 Å². The molecule has 2 aromatic carbocycles. The minimum absolute atomic E-state index is 0.00385. The Morgan fingerprint density at radius 2 is 1.87 bits per heavy atom. The van der Waals surface area contributed by atoms with Crippen LogP contribution in [-0.2, 0) is 11.3 Å². The minimum atomic E-state index is 0.00385. The maximum absolute atomic E-state index is 12.5. The fourth-order valence-corrected chi connectivity index (χ4v) is 4.38.